The van der Waals surface area contributed by atoms with Crippen molar-refractivity contribution in [3.8, 4) is 0 Å². The first-order valence-corrected chi connectivity index (χ1v) is 5.70. The van der Waals surface area contributed by atoms with Gasteiger partial charge in [-0.05, 0) is 12.5 Å². The van der Waals surface area contributed by atoms with Crippen molar-refractivity contribution in [1.29, 1.82) is 0 Å². The second kappa shape index (κ2) is 5.82. The molecule has 0 aromatic heterocycles. The smallest absolute Gasteiger partial charge is 0.424 e. The van der Waals surface area contributed by atoms with Crippen molar-refractivity contribution in [3.63, 3.8) is 0 Å². The second-order valence-corrected chi connectivity index (χ2v) is 3.96. The van der Waals surface area contributed by atoms with Crippen molar-refractivity contribution >= 4 is 6.09 Å². The highest BCUT2D eigenvalue weighted by atomic mass is 19.4. The van der Waals surface area contributed by atoms with Crippen molar-refractivity contribution < 1.29 is 35.9 Å². The van der Waals surface area contributed by atoms with Crippen LogP contribution < -0.4 is 5.32 Å². The molecule has 0 bridgehead atoms. The zero-order chi connectivity index (χ0) is 16.3. The van der Waals surface area contributed by atoms with E-state index in [0.717, 1.165) is 17.4 Å². The van der Waals surface area contributed by atoms with Gasteiger partial charge < -0.3 is 4.74 Å². The quantitative estimate of drug-likeness (QED) is 0.863. The maximum absolute atomic E-state index is 13.2. The van der Waals surface area contributed by atoms with Gasteiger partial charge in [-0.25, -0.2) is 4.79 Å². The minimum absolute atomic E-state index is 0.369. The molecule has 118 valence electrons. The molecule has 0 fully saturated rings. The van der Waals surface area contributed by atoms with Crippen molar-refractivity contribution in [2.45, 2.75) is 24.8 Å². The molecule has 1 aromatic rings. The van der Waals surface area contributed by atoms with E-state index in [2.05, 4.69) is 4.74 Å². The lowest BCUT2D eigenvalue weighted by molar-refractivity contribution is -0.311. The Morgan fingerprint density at radius 3 is 1.90 bits per heavy atom. The molecule has 3 nitrogen and oxygen atoms in total. The van der Waals surface area contributed by atoms with Gasteiger partial charge in [-0.15, -0.1) is 0 Å². The number of alkyl halides is 6. The van der Waals surface area contributed by atoms with Gasteiger partial charge >= 0.3 is 18.4 Å². The summed E-state index contributed by atoms with van der Waals surface area (Å²) in [5.74, 6) is 0. The van der Waals surface area contributed by atoms with E-state index in [1.165, 1.54) is 13.0 Å². The van der Waals surface area contributed by atoms with Crippen molar-refractivity contribution in [1.82, 2.24) is 5.32 Å². The number of carbonyl (C=O) groups excluding carboxylic acids is 1. The van der Waals surface area contributed by atoms with Crippen LogP contribution in [0.4, 0.5) is 31.1 Å². The Morgan fingerprint density at radius 1 is 1.05 bits per heavy atom. The lowest BCUT2D eigenvalue weighted by Gasteiger charge is -2.37. The number of hydrogen-bond acceptors (Lipinski definition) is 2. The Bertz CT molecular complexity index is 469. The van der Waals surface area contributed by atoms with Crippen LogP contribution in [0.25, 0.3) is 0 Å². The molecule has 0 atom stereocenters. The number of hydrogen-bond donors (Lipinski definition) is 1. The third-order valence-corrected chi connectivity index (χ3v) is 2.62. The molecule has 0 spiro atoms. The van der Waals surface area contributed by atoms with Crippen LogP contribution in [0.5, 0.6) is 0 Å². The summed E-state index contributed by atoms with van der Waals surface area (Å²) >= 11 is 0. The first-order chi connectivity index (χ1) is 9.56. The normalized spacial score (nSPS) is 12.9. The number of benzene rings is 1. The molecule has 0 saturated heterocycles. The van der Waals surface area contributed by atoms with Gasteiger partial charge in [0.25, 0.3) is 5.54 Å². The summed E-state index contributed by atoms with van der Waals surface area (Å²) in [6.07, 6.45) is -13.4. The molecule has 1 N–H and O–H groups in total. The number of halogens is 6. The SMILES string of the molecule is CCOC(=O)NC(c1ccccc1)(C(F)(F)F)C(F)(F)F. The summed E-state index contributed by atoms with van der Waals surface area (Å²) in [6.45, 7) is 0.886. The lowest BCUT2D eigenvalue weighted by atomic mass is 9.88. The van der Waals surface area contributed by atoms with E-state index >= 15 is 0 Å². The van der Waals surface area contributed by atoms with E-state index in [9.17, 15) is 31.1 Å². The van der Waals surface area contributed by atoms with E-state index in [0.29, 0.717) is 12.1 Å². The summed E-state index contributed by atoms with van der Waals surface area (Å²) in [5, 5.41) is 0.916. The second-order valence-electron chi connectivity index (χ2n) is 3.96. The average Bonchev–Trinajstić information content (AvgIpc) is 2.34. The summed E-state index contributed by atoms with van der Waals surface area (Å²) in [5.41, 5.74) is -5.69. The fourth-order valence-corrected chi connectivity index (χ4v) is 1.71. The molecular weight excluding hydrogens is 304 g/mol. The third-order valence-electron chi connectivity index (χ3n) is 2.62. The number of rotatable bonds is 3. The van der Waals surface area contributed by atoms with Gasteiger partial charge in [0, 0.05) is 0 Å². The highest BCUT2D eigenvalue weighted by Crippen LogP contribution is 2.50. The van der Waals surface area contributed by atoms with Gasteiger partial charge in [0.1, 0.15) is 0 Å². The number of alkyl carbamates (subject to hydrolysis) is 1. The van der Waals surface area contributed by atoms with Crippen LogP contribution in [0, 0.1) is 0 Å². The van der Waals surface area contributed by atoms with Crippen LogP contribution in [0.15, 0.2) is 30.3 Å². The largest absolute Gasteiger partial charge is 0.450 e. The van der Waals surface area contributed by atoms with E-state index in [4.69, 9.17) is 0 Å². The lowest BCUT2D eigenvalue weighted by Crippen LogP contribution is -2.64. The number of carbonyl (C=O) groups is 1. The molecule has 0 aliphatic rings. The van der Waals surface area contributed by atoms with Crippen LogP contribution in [0.3, 0.4) is 0 Å². The monoisotopic (exact) mass is 315 g/mol. The highest BCUT2D eigenvalue weighted by Gasteiger charge is 2.73. The van der Waals surface area contributed by atoms with Crippen LogP contribution in [-0.4, -0.2) is 25.1 Å². The van der Waals surface area contributed by atoms with E-state index in [-0.39, 0.29) is 6.61 Å². The van der Waals surface area contributed by atoms with E-state index in [1.807, 2.05) is 0 Å². The van der Waals surface area contributed by atoms with Gasteiger partial charge in [-0.1, -0.05) is 30.3 Å². The van der Waals surface area contributed by atoms with Gasteiger partial charge in [0.2, 0.25) is 0 Å². The standard InChI is InChI=1S/C12H11F6NO2/c1-2-21-9(20)19-10(11(13,14)15,12(16,17)18)8-6-4-3-5-7-8/h3-7H,2H2,1H3,(H,19,20). The van der Waals surface area contributed by atoms with Crippen LogP contribution >= 0.6 is 0 Å². The minimum atomic E-state index is -5.81. The van der Waals surface area contributed by atoms with Crippen LogP contribution in [0.2, 0.25) is 0 Å². The first-order valence-electron chi connectivity index (χ1n) is 5.70. The zero-order valence-corrected chi connectivity index (χ0v) is 10.7. The zero-order valence-electron chi connectivity index (χ0n) is 10.7. The molecule has 1 amide bonds. The molecule has 1 aromatic carbocycles. The summed E-state index contributed by atoms with van der Waals surface area (Å²) < 4.78 is 83.2. The highest BCUT2D eigenvalue weighted by molar-refractivity contribution is 5.69. The molecule has 9 heteroatoms. The fourth-order valence-electron chi connectivity index (χ4n) is 1.71. The molecule has 0 unspecified atom stereocenters. The molecule has 0 radical (unpaired) electrons. The van der Waals surface area contributed by atoms with Crippen molar-refractivity contribution in [2.75, 3.05) is 6.61 Å². The molecule has 1 rings (SSSR count). The van der Waals surface area contributed by atoms with Gasteiger partial charge in [0.15, 0.2) is 0 Å². The summed E-state index contributed by atoms with van der Waals surface area (Å²) in [6, 6.07) is 4.54. The first kappa shape index (κ1) is 17.1. The van der Waals surface area contributed by atoms with Gasteiger partial charge in [-0.3, -0.25) is 5.32 Å². The van der Waals surface area contributed by atoms with Gasteiger partial charge in [0.05, 0.1) is 6.61 Å². The predicted octanol–water partition coefficient (Wildman–Crippen LogP) is 3.75. The summed E-state index contributed by atoms with van der Waals surface area (Å²) in [7, 11) is 0. The Labute approximate surface area is 115 Å². The average molecular weight is 315 g/mol. The van der Waals surface area contributed by atoms with Crippen LogP contribution in [0.1, 0.15) is 12.5 Å². The topological polar surface area (TPSA) is 38.3 Å². The van der Waals surface area contributed by atoms with Crippen LogP contribution in [-0.2, 0) is 10.3 Å². The number of nitrogens with one attached hydrogen (secondary N) is 1. The summed E-state index contributed by atoms with van der Waals surface area (Å²) in [4.78, 5) is 11.2. The van der Waals surface area contributed by atoms with E-state index < -0.39 is 29.5 Å². The molecule has 0 heterocycles. The number of amides is 1. The maximum atomic E-state index is 13.2. The number of ether oxygens (including phenoxy) is 1. The van der Waals surface area contributed by atoms with Gasteiger partial charge in [-0.2, -0.15) is 26.3 Å². The van der Waals surface area contributed by atoms with Crippen molar-refractivity contribution in [2.24, 2.45) is 0 Å². The minimum Gasteiger partial charge on any atom is -0.450 e. The molecule has 0 aliphatic carbocycles. The molecule has 0 aliphatic heterocycles. The predicted molar refractivity (Wildman–Crippen MR) is 60.4 cm³/mol. The molecular formula is C12H11F6NO2. The Morgan fingerprint density at radius 2 is 1.52 bits per heavy atom. The third kappa shape index (κ3) is 3.22. The Balaban J connectivity index is 3.48. The molecule has 21 heavy (non-hydrogen) atoms. The molecule has 0 saturated carbocycles. The van der Waals surface area contributed by atoms with Crippen molar-refractivity contribution in [3.05, 3.63) is 35.9 Å². The Hall–Kier alpha value is -1.93. The Kier molecular flexibility index (Phi) is 4.75. The fraction of sp³-hybridized carbons (Fsp3) is 0.417. The maximum Gasteiger partial charge on any atom is 0.424 e. The van der Waals surface area contributed by atoms with E-state index in [1.54, 1.807) is 0 Å².